The molecule has 0 aliphatic carbocycles. The summed E-state index contributed by atoms with van der Waals surface area (Å²) < 4.78 is 18.4. The molecule has 0 spiro atoms. The summed E-state index contributed by atoms with van der Waals surface area (Å²) in [5, 5.41) is 9.47. The Labute approximate surface area is 253 Å². The average Bonchev–Trinajstić information content (AvgIpc) is 3.45. The Morgan fingerprint density at radius 1 is 0.814 bits per heavy atom. The summed E-state index contributed by atoms with van der Waals surface area (Å²) in [7, 11) is 0. The van der Waals surface area contributed by atoms with Crippen LogP contribution in [0.4, 0.5) is 0 Å². The molecule has 7 nitrogen and oxygen atoms in total. The van der Waals surface area contributed by atoms with Gasteiger partial charge in [0.2, 0.25) is 0 Å². The van der Waals surface area contributed by atoms with Crippen molar-refractivity contribution < 1.29 is 24.1 Å². The molecule has 0 bridgehead atoms. The van der Waals surface area contributed by atoms with Crippen LogP contribution in [0.25, 0.3) is 0 Å². The summed E-state index contributed by atoms with van der Waals surface area (Å²) in [4.78, 5) is 13.8. The van der Waals surface area contributed by atoms with E-state index in [9.17, 15) is 9.90 Å². The highest BCUT2D eigenvalue weighted by atomic mass is 16.5. The third-order valence-electron chi connectivity index (χ3n) is 7.69. The van der Waals surface area contributed by atoms with Gasteiger partial charge in [0, 0.05) is 30.8 Å². The third-order valence-corrected chi connectivity index (χ3v) is 7.69. The minimum absolute atomic E-state index is 0.315. The molecule has 4 aromatic carbocycles. The van der Waals surface area contributed by atoms with Gasteiger partial charge in [0.1, 0.15) is 30.8 Å². The van der Waals surface area contributed by atoms with E-state index in [4.69, 9.17) is 19.9 Å². The van der Waals surface area contributed by atoms with Crippen molar-refractivity contribution in [3.8, 4) is 11.5 Å². The molecule has 43 heavy (non-hydrogen) atoms. The van der Waals surface area contributed by atoms with Gasteiger partial charge in [-0.3, -0.25) is 9.69 Å². The summed E-state index contributed by atoms with van der Waals surface area (Å²) >= 11 is 0. The van der Waals surface area contributed by atoms with Crippen LogP contribution in [0.3, 0.4) is 0 Å². The first kappa shape index (κ1) is 30.3. The third kappa shape index (κ3) is 8.45. The van der Waals surface area contributed by atoms with Crippen LogP contribution in [0.2, 0.25) is 0 Å². The van der Waals surface area contributed by atoms with Gasteiger partial charge in [-0.25, -0.2) is 0 Å². The fourth-order valence-electron chi connectivity index (χ4n) is 5.36. The largest absolute Gasteiger partial charge is 0.489 e. The molecule has 0 aromatic heterocycles. The number of hydrogen-bond donors (Lipinski definition) is 2. The molecule has 3 N–H and O–H groups in total. The number of carboxylic acid groups (broad SMARTS) is 1. The Bertz CT molecular complexity index is 1550. The van der Waals surface area contributed by atoms with Crippen LogP contribution in [-0.4, -0.2) is 28.6 Å². The second kappa shape index (κ2) is 14.3. The van der Waals surface area contributed by atoms with E-state index in [0.717, 1.165) is 44.9 Å². The maximum Gasteiger partial charge on any atom is 0.320 e. The molecule has 1 aliphatic heterocycles. The Morgan fingerprint density at radius 3 is 2.07 bits per heavy atom. The summed E-state index contributed by atoms with van der Waals surface area (Å²) in [5.41, 5.74) is 14.9. The zero-order chi connectivity index (χ0) is 30.2. The predicted octanol–water partition coefficient (Wildman–Crippen LogP) is 6.30. The van der Waals surface area contributed by atoms with Gasteiger partial charge in [-0.1, -0.05) is 77.9 Å². The number of nitrogens with two attached hydrogens (primary N) is 1. The lowest BCUT2D eigenvalue weighted by atomic mass is 10.0. The fraction of sp³-hybridized carbons (Fsp3) is 0.306. The zero-order valence-electron chi connectivity index (χ0n) is 24.9. The number of benzene rings is 4. The molecular formula is C36H40N2O5. The number of para-hydroxylation sites is 1. The molecule has 0 saturated heterocycles. The summed E-state index contributed by atoms with van der Waals surface area (Å²) in [6.45, 7) is 7.79. The molecule has 0 amide bonds. The molecule has 5 rings (SSSR count). The maximum atomic E-state index is 11.6. The summed E-state index contributed by atoms with van der Waals surface area (Å²) in [5.74, 6) is 0.607. The minimum Gasteiger partial charge on any atom is -0.489 e. The number of carboxylic acids is 1. The van der Waals surface area contributed by atoms with E-state index >= 15 is 0 Å². The number of ether oxygens (including phenoxy) is 3. The normalized spacial score (nSPS) is 13.1. The first-order valence-electron chi connectivity index (χ1n) is 14.7. The molecule has 0 fully saturated rings. The van der Waals surface area contributed by atoms with Crippen LogP contribution < -0.4 is 15.2 Å². The first-order valence-corrected chi connectivity index (χ1v) is 14.7. The highest BCUT2D eigenvalue weighted by molar-refractivity contribution is 5.73. The zero-order valence-corrected chi connectivity index (χ0v) is 24.9. The van der Waals surface area contributed by atoms with Gasteiger partial charge in [0.05, 0.1) is 13.2 Å². The molecule has 0 saturated carbocycles. The van der Waals surface area contributed by atoms with Gasteiger partial charge >= 0.3 is 5.97 Å². The van der Waals surface area contributed by atoms with Crippen molar-refractivity contribution in [1.29, 1.82) is 0 Å². The molecule has 1 atom stereocenters. The van der Waals surface area contributed by atoms with Crippen LogP contribution in [0.1, 0.15) is 50.9 Å². The molecule has 224 valence electrons. The monoisotopic (exact) mass is 580 g/mol. The summed E-state index contributed by atoms with van der Waals surface area (Å²) in [6.07, 6.45) is 0.315. The molecular weight excluding hydrogens is 540 g/mol. The molecule has 0 unspecified atom stereocenters. The van der Waals surface area contributed by atoms with Crippen molar-refractivity contribution in [2.45, 2.75) is 65.8 Å². The Hall–Kier alpha value is -4.17. The van der Waals surface area contributed by atoms with E-state index in [1.165, 1.54) is 11.1 Å². The molecule has 7 heteroatoms. The van der Waals surface area contributed by atoms with Crippen molar-refractivity contribution >= 4 is 5.97 Å². The minimum atomic E-state index is -1.00. The number of hydrogen-bond acceptors (Lipinski definition) is 6. The number of fused-ring (bicyclic) bond motifs is 1. The van der Waals surface area contributed by atoms with Crippen LogP contribution in [0.15, 0.2) is 84.9 Å². The smallest absolute Gasteiger partial charge is 0.320 e. The molecule has 0 radical (unpaired) electrons. The number of aliphatic carboxylic acids is 1. The first-order chi connectivity index (χ1) is 20.8. The van der Waals surface area contributed by atoms with Crippen LogP contribution in [0, 0.1) is 13.8 Å². The lowest BCUT2D eigenvalue weighted by Gasteiger charge is -2.26. The standard InChI is InChI=1S/C36H40N2O5/c1-25-7-5-9-27(15-25)21-42-34-12-4-3-11-29(34)19-38(14-13-33(37)36(39)40)20-30-17-31-23-41-24-32(31)18-35(30)43-22-28-10-6-8-26(2)16-28/h3-12,15-18,33H,13-14,19-24,37H2,1-2H3,(H,39,40)/t33-/m0/s1. The SMILES string of the molecule is Cc1cccc(COc2ccccc2CN(CC[C@H](N)C(=O)O)Cc2cc3c(cc2OCc2cccc(C)c2)COC3)c1. The Morgan fingerprint density at radius 2 is 1.42 bits per heavy atom. The van der Waals surface area contributed by atoms with Crippen molar-refractivity contribution in [2.75, 3.05) is 6.54 Å². The van der Waals surface area contributed by atoms with E-state index in [1.807, 2.05) is 30.3 Å². The van der Waals surface area contributed by atoms with Gasteiger partial charge in [-0.05, 0) is 60.7 Å². The van der Waals surface area contributed by atoms with Crippen LogP contribution >= 0.6 is 0 Å². The molecule has 4 aromatic rings. The van der Waals surface area contributed by atoms with Gasteiger partial charge in [0.25, 0.3) is 0 Å². The number of carbonyl (C=O) groups is 1. The lowest BCUT2D eigenvalue weighted by Crippen LogP contribution is -2.35. The van der Waals surface area contributed by atoms with E-state index in [2.05, 4.69) is 73.3 Å². The van der Waals surface area contributed by atoms with E-state index in [0.29, 0.717) is 52.5 Å². The van der Waals surface area contributed by atoms with E-state index in [1.54, 1.807) is 0 Å². The van der Waals surface area contributed by atoms with Gasteiger partial charge < -0.3 is 25.1 Å². The van der Waals surface area contributed by atoms with Gasteiger partial charge in [-0.2, -0.15) is 0 Å². The van der Waals surface area contributed by atoms with Crippen LogP contribution in [0.5, 0.6) is 11.5 Å². The summed E-state index contributed by atoms with van der Waals surface area (Å²) in [6, 6.07) is 27.9. The van der Waals surface area contributed by atoms with Gasteiger partial charge in [0.15, 0.2) is 0 Å². The highest BCUT2D eigenvalue weighted by Gasteiger charge is 2.21. The predicted molar refractivity (Wildman–Crippen MR) is 167 cm³/mol. The number of nitrogens with zero attached hydrogens (tertiary/aromatic N) is 1. The fourth-order valence-corrected chi connectivity index (χ4v) is 5.36. The van der Waals surface area contributed by atoms with Crippen LogP contribution in [-0.2, 0) is 49.0 Å². The van der Waals surface area contributed by atoms with Gasteiger partial charge in [-0.15, -0.1) is 0 Å². The second-order valence-electron chi connectivity index (χ2n) is 11.3. The van der Waals surface area contributed by atoms with Crippen molar-refractivity contribution in [1.82, 2.24) is 4.90 Å². The van der Waals surface area contributed by atoms with E-state index in [-0.39, 0.29) is 0 Å². The lowest BCUT2D eigenvalue weighted by molar-refractivity contribution is -0.138. The maximum absolute atomic E-state index is 11.6. The highest BCUT2D eigenvalue weighted by Crippen LogP contribution is 2.32. The van der Waals surface area contributed by atoms with Crippen molar-refractivity contribution in [3.05, 3.63) is 129 Å². The van der Waals surface area contributed by atoms with Crippen molar-refractivity contribution in [2.24, 2.45) is 5.73 Å². The topological polar surface area (TPSA) is 94.3 Å². The quantitative estimate of drug-likeness (QED) is 0.181. The van der Waals surface area contributed by atoms with E-state index < -0.39 is 12.0 Å². The Kier molecular flexibility index (Phi) is 10.1. The average molecular weight is 581 g/mol. The second-order valence-corrected chi connectivity index (χ2v) is 11.3. The number of aryl methyl sites for hydroxylation is 2. The van der Waals surface area contributed by atoms with Crippen molar-refractivity contribution in [3.63, 3.8) is 0 Å². The molecule has 1 aliphatic rings. The Balaban J connectivity index is 1.38. The molecule has 1 heterocycles. The number of rotatable bonds is 14.